The fourth-order valence-electron chi connectivity index (χ4n) is 4.10. The van der Waals surface area contributed by atoms with E-state index in [0.29, 0.717) is 65.8 Å². The number of benzene rings is 1. The lowest BCUT2D eigenvalue weighted by Crippen LogP contribution is -2.33. The predicted molar refractivity (Wildman–Crippen MR) is 123 cm³/mol. The Morgan fingerprint density at radius 2 is 2.09 bits per heavy atom. The summed E-state index contributed by atoms with van der Waals surface area (Å²) in [4.78, 5) is 22.3. The predicted octanol–water partition coefficient (Wildman–Crippen LogP) is 2.41. The summed E-state index contributed by atoms with van der Waals surface area (Å²) in [6.45, 7) is 1.68. The van der Waals surface area contributed by atoms with Gasteiger partial charge in [-0.1, -0.05) is 0 Å². The van der Waals surface area contributed by atoms with Gasteiger partial charge >= 0.3 is 6.09 Å². The van der Waals surface area contributed by atoms with Crippen LogP contribution < -0.4 is 24.4 Å². The Balaban J connectivity index is 1.17. The molecule has 0 saturated carbocycles. The van der Waals surface area contributed by atoms with Gasteiger partial charge in [0.05, 0.1) is 37.2 Å². The number of fused-ring (bicyclic) bond motifs is 2. The lowest BCUT2D eigenvalue weighted by molar-refractivity contribution is 0.0282. The van der Waals surface area contributed by atoms with Gasteiger partial charge in [-0.2, -0.15) is 0 Å². The number of aromatic nitrogens is 2. The molecule has 184 valence electrons. The van der Waals surface area contributed by atoms with Crippen LogP contribution >= 0.6 is 0 Å². The van der Waals surface area contributed by atoms with Crippen molar-refractivity contribution in [2.75, 3.05) is 38.3 Å². The zero-order valence-electron chi connectivity index (χ0n) is 19.1. The number of aliphatic hydroxyl groups is 1. The summed E-state index contributed by atoms with van der Waals surface area (Å²) in [7, 11) is 1.49. The Bertz CT molecular complexity index is 1240. The Morgan fingerprint density at radius 3 is 2.91 bits per heavy atom. The molecule has 1 saturated heterocycles. The quantitative estimate of drug-likeness (QED) is 0.465. The summed E-state index contributed by atoms with van der Waals surface area (Å²) in [6.07, 6.45) is -0.668. The van der Waals surface area contributed by atoms with Crippen LogP contribution in [0.5, 0.6) is 17.4 Å². The van der Waals surface area contributed by atoms with Gasteiger partial charge in [-0.25, -0.2) is 14.2 Å². The molecule has 2 N–H and O–H groups in total. The number of nitrogens with one attached hydrogen (secondary N) is 1. The molecule has 2 aliphatic rings. The molecule has 1 amide bonds. The number of nitrogens with zero attached hydrogens (tertiary/aromatic N) is 3. The average Bonchev–Trinajstić information content (AvgIpc) is 3.28. The summed E-state index contributed by atoms with van der Waals surface area (Å²) >= 11 is 0. The molecule has 2 atom stereocenters. The second kappa shape index (κ2) is 9.88. The van der Waals surface area contributed by atoms with Crippen LogP contribution in [0, 0.1) is 5.82 Å². The highest BCUT2D eigenvalue weighted by atomic mass is 19.1. The van der Waals surface area contributed by atoms with Gasteiger partial charge in [-0.15, -0.1) is 0 Å². The fourth-order valence-corrected chi connectivity index (χ4v) is 4.10. The molecule has 1 fully saturated rings. The van der Waals surface area contributed by atoms with Crippen LogP contribution in [0.15, 0.2) is 36.5 Å². The zero-order valence-corrected chi connectivity index (χ0v) is 19.1. The second-order valence-electron chi connectivity index (χ2n) is 8.20. The van der Waals surface area contributed by atoms with Crippen LogP contribution in [0.1, 0.15) is 12.0 Å². The average molecular weight is 484 g/mol. The van der Waals surface area contributed by atoms with Crippen molar-refractivity contribution in [3.8, 4) is 17.4 Å². The first-order valence-corrected chi connectivity index (χ1v) is 11.3. The monoisotopic (exact) mass is 484 g/mol. The standard InChI is InChI=1S/C24H25FN4O6/c1-32-22-5-3-17-23(28-22)15(16(25)12-27-17)11-26-7-6-18(30)21-13-29(24(31)35-21)14-2-4-19-20(10-14)34-9-8-33-19/h2-5,10,12,18,21,26,30H,6-9,11,13H2,1H3. The van der Waals surface area contributed by atoms with Crippen LogP contribution in [-0.2, 0) is 11.3 Å². The van der Waals surface area contributed by atoms with Gasteiger partial charge < -0.3 is 29.4 Å². The molecule has 2 aromatic heterocycles. The van der Waals surface area contributed by atoms with Crippen LogP contribution in [0.3, 0.4) is 0 Å². The van der Waals surface area contributed by atoms with Crippen LogP contribution in [-0.4, -0.2) is 66.8 Å². The fraction of sp³-hybridized carbons (Fsp3) is 0.375. The Morgan fingerprint density at radius 1 is 1.26 bits per heavy atom. The lowest BCUT2D eigenvalue weighted by atomic mass is 10.1. The van der Waals surface area contributed by atoms with Gasteiger partial charge in [0.15, 0.2) is 11.5 Å². The maximum Gasteiger partial charge on any atom is 0.414 e. The van der Waals surface area contributed by atoms with E-state index in [-0.39, 0.29) is 13.1 Å². The maximum absolute atomic E-state index is 14.4. The normalized spacial score (nSPS) is 18.0. The smallest absolute Gasteiger partial charge is 0.414 e. The highest BCUT2D eigenvalue weighted by Gasteiger charge is 2.37. The third-order valence-corrected chi connectivity index (χ3v) is 5.97. The maximum atomic E-state index is 14.4. The van der Waals surface area contributed by atoms with Gasteiger partial charge in [0.25, 0.3) is 0 Å². The van der Waals surface area contributed by atoms with Crippen molar-refractivity contribution in [2.24, 2.45) is 0 Å². The van der Waals surface area contributed by atoms with E-state index in [4.69, 9.17) is 18.9 Å². The number of ether oxygens (including phenoxy) is 4. The molecule has 0 bridgehead atoms. The van der Waals surface area contributed by atoms with Crippen molar-refractivity contribution in [2.45, 2.75) is 25.2 Å². The highest BCUT2D eigenvalue weighted by molar-refractivity contribution is 5.90. The minimum Gasteiger partial charge on any atom is -0.486 e. The van der Waals surface area contributed by atoms with Gasteiger partial charge in [-0.3, -0.25) is 9.88 Å². The third kappa shape index (κ3) is 4.77. The number of methoxy groups -OCH3 is 1. The summed E-state index contributed by atoms with van der Waals surface area (Å²) in [5.74, 6) is 1.08. The molecule has 0 radical (unpaired) electrons. The third-order valence-electron chi connectivity index (χ3n) is 5.97. The summed E-state index contributed by atoms with van der Waals surface area (Å²) in [5, 5.41) is 13.7. The number of hydrogen-bond acceptors (Lipinski definition) is 9. The summed E-state index contributed by atoms with van der Waals surface area (Å²) < 4.78 is 36.1. The molecule has 35 heavy (non-hydrogen) atoms. The molecule has 0 aliphatic carbocycles. The summed E-state index contributed by atoms with van der Waals surface area (Å²) in [5.41, 5.74) is 1.94. The van der Waals surface area contributed by atoms with Gasteiger partial charge in [0, 0.05) is 24.2 Å². The molecule has 0 spiro atoms. The SMILES string of the molecule is COc1ccc2ncc(F)c(CNCCC(O)C3CN(c4ccc5c(c4)OCCO5)C(=O)O3)c2n1. The van der Waals surface area contributed by atoms with Crippen molar-refractivity contribution in [3.63, 3.8) is 0 Å². The number of aliphatic hydroxyl groups excluding tert-OH is 1. The number of hydrogen-bond donors (Lipinski definition) is 2. The molecule has 10 nitrogen and oxygen atoms in total. The van der Waals surface area contributed by atoms with Crippen molar-refractivity contribution < 1.29 is 33.2 Å². The second-order valence-corrected chi connectivity index (χ2v) is 8.20. The molecular formula is C24H25FN4O6. The molecule has 5 rings (SSSR count). The minimum absolute atomic E-state index is 0.186. The Hall–Kier alpha value is -3.70. The molecule has 2 unspecified atom stereocenters. The van der Waals surface area contributed by atoms with Crippen LogP contribution in [0.4, 0.5) is 14.9 Å². The van der Waals surface area contributed by atoms with Crippen molar-refractivity contribution in [1.29, 1.82) is 0 Å². The first kappa shape index (κ1) is 23.1. The first-order chi connectivity index (χ1) is 17.0. The van der Waals surface area contributed by atoms with E-state index in [1.807, 2.05) is 0 Å². The van der Waals surface area contributed by atoms with Gasteiger partial charge in [-0.05, 0) is 31.2 Å². The highest BCUT2D eigenvalue weighted by Crippen LogP contribution is 2.35. The molecule has 1 aromatic carbocycles. The Kier molecular flexibility index (Phi) is 6.51. The largest absolute Gasteiger partial charge is 0.486 e. The van der Waals surface area contributed by atoms with Crippen molar-refractivity contribution in [1.82, 2.24) is 15.3 Å². The van der Waals surface area contributed by atoms with E-state index in [1.165, 1.54) is 12.0 Å². The van der Waals surface area contributed by atoms with E-state index in [1.54, 1.807) is 30.3 Å². The molecule has 11 heteroatoms. The molecule has 3 aromatic rings. The first-order valence-electron chi connectivity index (χ1n) is 11.3. The number of amides is 1. The van der Waals surface area contributed by atoms with Crippen LogP contribution in [0.25, 0.3) is 11.0 Å². The molecular weight excluding hydrogens is 459 g/mol. The van der Waals surface area contributed by atoms with E-state index in [9.17, 15) is 14.3 Å². The molecule has 2 aliphatic heterocycles. The van der Waals surface area contributed by atoms with E-state index >= 15 is 0 Å². The van der Waals surface area contributed by atoms with Crippen LogP contribution in [0.2, 0.25) is 0 Å². The molecule has 4 heterocycles. The number of carbonyl (C=O) groups is 1. The topological polar surface area (TPSA) is 115 Å². The minimum atomic E-state index is -0.897. The van der Waals surface area contributed by atoms with E-state index < -0.39 is 24.1 Å². The number of cyclic esters (lactones) is 1. The number of rotatable bonds is 8. The van der Waals surface area contributed by atoms with Gasteiger partial charge in [0.2, 0.25) is 5.88 Å². The number of pyridine rings is 2. The Labute approximate surface area is 200 Å². The van der Waals surface area contributed by atoms with Crippen molar-refractivity contribution in [3.05, 3.63) is 47.9 Å². The number of halogens is 1. The zero-order chi connectivity index (χ0) is 24.4. The van der Waals surface area contributed by atoms with E-state index in [0.717, 1.165) is 6.20 Å². The number of carbonyl (C=O) groups excluding carboxylic acids is 1. The summed E-state index contributed by atoms with van der Waals surface area (Å²) in [6, 6.07) is 8.61. The van der Waals surface area contributed by atoms with E-state index in [2.05, 4.69) is 15.3 Å². The van der Waals surface area contributed by atoms with Crippen molar-refractivity contribution >= 4 is 22.8 Å². The van der Waals surface area contributed by atoms with Gasteiger partial charge in [0.1, 0.15) is 30.7 Å². The lowest BCUT2D eigenvalue weighted by Gasteiger charge is -2.21. The number of anilines is 1.